The first-order valence-electron chi connectivity index (χ1n) is 2.81. The van der Waals surface area contributed by atoms with Gasteiger partial charge in [-0.3, -0.25) is 4.84 Å². The Bertz CT molecular complexity index is 113. The third kappa shape index (κ3) is 7.22. The first kappa shape index (κ1) is 8.22. The average Bonchev–Trinajstić information content (AvgIpc) is 1.89. The molecule has 0 bridgehead atoms. The van der Waals surface area contributed by atoms with Gasteiger partial charge in [-0.05, 0) is 6.92 Å². The molecule has 0 saturated heterocycles. The summed E-state index contributed by atoms with van der Waals surface area (Å²) in [5.41, 5.74) is 2.58. The van der Waals surface area contributed by atoms with E-state index in [0.29, 0.717) is 13.2 Å². The number of nitrogens with one attached hydrogen (secondary N) is 1. The van der Waals surface area contributed by atoms with Crippen molar-refractivity contribution in [1.82, 2.24) is 5.48 Å². The Kier molecular flexibility index (Phi) is 6.59. The van der Waals surface area contributed by atoms with Crippen molar-refractivity contribution >= 4 is 0 Å². The molecule has 0 aliphatic heterocycles. The maximum atomic E-state index is 4.93. The predicted molar refractivity (Wildman–Crippen MR) is 37.6 cm³/mol. The summed E-state index contributed by atoms with van der Waals surface area (Å²) in [7, 11) is 0. The first-order chi connectivity index (χ1) is 4.41. The second-order valence-corrected chi connectivity index (χ2v) is 1.41. The summed E-state index contributed by atoms with van der Waals surface area (Å²) in [5.74, 6) is 2.38. The van der Waals surface area contributed by atoms with E-state index in [4.69, 9.17) is 11.3 Å². The van der Waals surface area contributed by atoms with Gasteiger partial charge in [0.05, 0.1) is 13.2 Å². The van der Waals surface area contributed by atoms with Crippen LogP contribution in [0.1, 0.15) is 6.92 Å². The number of terminal acetylenes is 1. The summed E-state index contributed by atoms with van der Waals surface area (Å²) in [4.78, 5) is 4.84. The Labute approximate surface area is 55.9 Å². The first-order valence-corrected chi connectivity index (χ1v) is 2.81. The van der Waals surface area contributed by atoms with Crippen LogP contribution in [-0.2, 0) is 4.84 Å². The summed E-state index contributed by atoms with van der Waals surface area (Å²) in [5, 5.41) is 0. The van der Waals surface area contributed by atoms with Crippen LogP contribution in [0.25, 0.3) is 0 Å². The van der Waals surface area contributed by atoms with Gasteiger partial charge in [-0.1, -0.05) is 18.1 Å². The minimum Gasteiger partial charge on any atom is -0.297 e. The van der Waals surface area contributed by atoms with E-state index in [1.54, 1.807) is 0 Å². The number of allylic oxidation sites excluding steroid dienone is 1. The zero-order valence-electron chi connectivity index (χ0n) is 5.55. The van der Waals surface area contributed by atoms with Crippen molar-refractivity contribution in [3.8, 4) is 12.3 Å². The molecule has 0 rings (SSSR count). The van der Waals surface area contributed by atoms with E-state index < -0.39 is 0 Å². The van der Waals surface area contributed by atoms with Gasteiger partial charge in [-0.2, -0.15) is 5.48 Å². The zero-order valence-corrected chi connectivity index (χ0v) is 5.55. The third-order valence-corrected chi connectivity index (χ3v) is 0.692. The average molecular weight is 125 g/mol. The molecule has 0 aromatic rings. The number of hydrogen-bond acceptors (Lipinski definition) is 2. The molecule has 1 N–H and O–H groups in total. The van der Waals surface area contributed by atoms with Crippen LogP contribution in [0, 0.1) is 12.3 Å². The molecule has 0 aromatic carbocycles. The van der Waals surface area contributed by atoms with Gasteiger partial charge in [0, 0.05) is 0 Å². The minimum absolute atomic E-state index is 0.456. The third-order valence-electron chi connectivity index (χ3n) is 0.692. The maximum Gasteiger partial charge on any atom is 0.0864 e. The molecule has 0 unspecified atom stereocenters. The highest BCUT2D eigenvalue weighted by Crippen LogP contribution is 1.70. The lowest BCUT2D eigenvalue weighted by Crippen LogP contribution is -2.14. The molecule has 0 amide bonds. The molecule has 0 aliphatic carbocycles. The molecular formula is C7H11NO. The molecule has 0 aliphatic rings. The van der Waals surface area contributed by atoms with Crippen LogP contribution in [0.2, 0.25) is 0 Å². The normalized spacial score (nSPS) is 9.78. The Balaban J connectivity index is 2.85. The van der Waals surface area contributed by atoms with Gasteiger partial charge in [0.2, 0.25) is 0 Å². The highest BCUT2D eigenvalue weighted by atomic mass is 16.6. The topological polar surface area (TPSA) is 21.3 Å². The Morgan fingerprint density at radius 2 is 2.56 bits per heavy atom. The van der Waals surface area contributed by atoms with Crippen molar-refractivity contribution in [2.75, 3.05) is 13.2 Å². The van der Waals surface area contributed by atoms with Crippen molar-refractivity contribution < 1.29 is 4.84 Å². The van der Waals surface area contributed by atoms with Crippen LogP contribution in [0.5, 0.6) is 0 Å². The van der Waals surface area contributed by atoms with E-state index >= 15 is 0 Å². The summed E-state index contributed by atoms with van der Waals surface area (Å²) in [6.07, 6.45) is 8.74. The molecule has 9 heavy (non-hydrogen) atoms. The molecule has 0 saturated carbocycles. The van der Waals surface area contributed by atoms with Crippen LogP contribution in [0.15, 0.2) is 12.2 Å². The summed E-state index contributed by atoms with van der Waals surface area (Å²) < 4.78 is 0. The Hall–Kier alpha value is -0.780. The molecular weight excluding hydrogens is 114 g/mol. The van der Waals surface area contributed by atoms with Gasteiger partial charge in [-0.25, -0.2) is 0 Å². The van der Waals surface area contributed by atoms with Gasteiger partial charge < -0.3 is 0 Å². The quantitative estimate of drug-likeness (QED) is 0.259. The van der Waals surface area contributed by atoms with Crippen molar-refractivity contribution in [3.05, 3.63) is 12.2 Å². The lowest BCUT2D eigenvalue weighted by atomic mass is 10.6. The van der Waals surface area contributed by atoms with Crippen molar-refractivity contribution in [2.24, 2.45) is 0 Å². The van der Waals surface area contributed by atoms with E-state index in [1.807, 2.05) is 19.1 Å². The lowest BCUT2D eigenvalue weighted by molar-refractivity contribution is 0.0721. The minimum atomic E-state index is 0.456. The highest BCUT2D eigenvalue weighted by Gasteiger charge is 1.75. The summed E-state index contributed by atoms with van der Waals surface area (Å²) in [6.45, 7) is 2.96. The fourth-order valence-electron chi connectivity index (χ4n) is 0.296. The summed E-state index contributed by atoms with van der Waals surface area (Å²) in [6, 6.07) is 0. The molecule has 2 heteroatoms. The van der Waals surface area contributed by atoms with Gasteiger partial charge >= 0.3 is 0 Å². The molecule has 50 valence electrons. The van der Waals surface area contributed by atoms with Crippen LogP contribution in [-0.4, -0.2) is 13.2 Å². The van der Waals surface area contributed by atoms with Gasteiger partial charge in [0.15, 0.2) is 0 Å². The van der Waals surface area contributed by atoms with Crippen molar-refractivity contribution in [3.63, 3.8) is 0 Å². The van der Waals surface area contributed by atoms with E-state index in [9.17, 15) is 0 Å². The smallest absolute Gasteiger partial charge is 0.0864 e. The second kappa shape index (κ2) is 7.22. The van der Waals surface area contributed by atoms with Crippen LogP contribution in [0.3, 0.4) is 0 Å². The van der Waals surface area contributed by atoms with Crippen molar-refractivity contribution in [1.29, 1.82) is 0 Å². The Morgan fingerprint density at radius 3 is 3.11 bits per heavy atom. The van der Waals surface area contributed by atoms with Gasteiger partial charge in [0.1, 0.15) is 0 Å². The van der Waals surface area contributed by atoms with E-state index in [0.717, 1.165) is 0 Å². The highest BCUT2D eigenvalue weighted by molar-refractivity contribution is 4.85. The van der Waals surface area contributed by atoms with Gasteiger partial charge in [-0.15, -0.1) is 6.42 Å². The van der Waals surface area contributed by atoms with Crippen LogP contribution >= 0.6 is 0 Å². The summed E-state index contributed by atoms with van der Waals surface area (Å²) >= 11 is 0. The fourth-order valence-corrected chi connectivity index (χ4v) is 0.296. The standard InChI is InChI=1S/C7H11NO/c1-3-5-7-9-8-6-4-2/h2-3,5,8H,6-7H2,1H3. The second-order valence-electron chi connectivity index (χ2n) is 1.41. The largest absolute Gasteiger partial charge is 0.297 e. The van der Waals surface area contributed by atoms with E-state index in [2.05, 4.69) is 11.4 Å². The van der Waals surface area contributed by atoms with E-state index in [-0.39, 0.29) is 0 Å². The number of rotatable bonds is 4. The molecule has 0 radical (unpaired) electrons. The molecule has 0 spiro atoms. The molecule has 2 nitrogen and oxygen atoms in total. The lowest BCUT2D eigenvalue weighted by Gasteiger charge is -1.95. The Morgan fingerprint density at radius 1 is 1.78 bits per heavy atom. The predicted octanol–water partition coefficient (Wildman–Crippen LogP) is 0.717. The fraction of sp³-hybridized carbons (Fsp3) is 0.429. The molecule has 0 aromatic heterocycles. The monoisotopic (exact) mass is 125 g/mol. The number of hydrogen-bond donors (Lipinski definition) is 1. The van der Waals surface area contributed by atoms with Gasteiger partial charge in [0.25, 0.3) is 0 Å². The number of hydroxylamine groups is 1. The van der Waals surface area contributed by atoms with Crippen LogP contribution < -0.4 is 5.48 Å². The van der Waals surface area contributed by atoms with E-state index in [1.165, 1.54) is 0 Å². The van der Waals surface area contributed by atoms with Crippen LogP contribution in [0.4, 0.5) is 0 Å². The molecule has 0 atom stereocenters. The zero-order chi connectivity index (χ0) is 6.95. The molecule has 0 heterocycles. The SMILES string of the molecule is C#CCNOCC=CC. The maximum absolute atomic E-state index is 4.93. The van der Waals surface area contributed by atoms with Crippen molar-refractivity contribution in [2.45, 2.75) is 6.92 Å². The molecule has 0 fully saturated rings.